The van der Waals surface area contributed by atoms with E-state index in [1.165, 1.54) is 6.07 Å². The van der Waals surface area contributed by atoms with E-state index in [1.807, 2.05) is 17.5 Å². The molecule has 0 radical (unpaired) electrons. The molecule has 0 bridgehead atoms. The summed E-state index contributed by atoms with van der Waals surface area (Å²) in [5.74, 6) is -0.484. The van der Waals surface area contributed by atoms with Crippen LogP contribution in [0.1, 0.15) is 11.8 Å². The minimum Gasteiger partial charge on any atom is -0.208 e. The molecule has 1 aromatic carbocycles. The van der Waals surface area contributed by atoms with Gasteiger partial charge < -0.3 is 0 Å². The number of sulfonamides is 1. The van der Waals surface area contributed by atoms with Crippen LogP contribution in [0.4, 0.5) is 4.39 Å². The molecule has 0 amide bonds. The highest BCUT2D eigenvalue weighted by Crippen LogP contribution is 2.23. The number of nitrogens with one attached hydrogen (secondary N) is 1. The van der Waals surface area contributed by atoms with Crippen LogP contribution in [0.2, 0.25) is 0 Å². The first-order chi connectivity index (χ1) is 9.38. The molecule has 3 nitrogen and oxygen atoms in total. The van der Waals surface area contributed by atoms with Crippen molar-refractivity contribution in [2.75, 3.05) is 0 Å². The van der Waals surface area contributed by atoms with Gasteiger partial charge in [0.15, 0.2) is 0 Å². The Balaban J connectivity index is 2.14. The molecule has 0 aliphatic rings. The highest BCUT2D eigenvalue weighted by Gasteiger charge is 2.20. The van der Waals surface area contributed by atoms with Crippen molar-refractivity contribution in [2.24, 2.45) is 0 Å². The monoisotopic (exact) mass is 377 g/mol. The van der Waals surface area contributed by atoms with Crippen molar-refractivity contribution in [3.05, 3.63) is 50.9 Å². The van der Waals surface area contributed by atoms with Crippen molar-refractivity contribution < 1.29 is 12.8 Å². The molecule has 2 aromatic rings. The first-order valence-corrected chi connectivity index (χ1v) is 9.04. The van der Waals surface area contributed by atoms with Gasteiger partial charge in [-0.2, -0.15) is 0 Å². The largest absolute Gasteiger partial charge is 0.241 e. The van der Waals surface area contributed by atoms with Crippen LogP contribution in [0.25, 0.3) is 0 Å². The molecule has 7 heteroatoms. The van der Waals surface area contributed by atoms with Gasteiger partial charge in [0.1, 0.15) is 5.82 Å². The summed E-state index contributed by atoms with van der Waals surface area (Å²) < 4.78 is 40.3. The zero-order chi connectivity index (χ0) is 14.8. The predicted molar refractivity (Wildman–Crippen MR) is 81.9 cm³/mol. The van der Waals surface area contributed by atoms with Crippen LogP contribution in [0.5, 0.6) is 0 Å². The second-order valence-electron chi connectivity index (χ2n) is 4.38. The van der Waals surface area contributed by atoms with E-state index >= 15 is 0 Å². The van der Waals surface area contributed by atoms with Gasteiger partial charge in [-0.1, -0.05) is 6.07 Å². The zero-order valence-corrected chi connectivity index (χ0v) is 13.9. The molecule has 20 heavy (non-hydrogen) atoms. The third-order valence-electron chi connectivity index (χ3n) is 2.63. The minimum absolute atomic E-state index is 0.0388. The number of thiophene rings is 1. The molecular formula is C13H13BrFNO2S2. The number of hydrogen-bond acceptors (Lipinski definition) is 3. The molecule has 1 unspecified atom stereocenters. The lowest BCUT2D eigenvalue weighted by Crippen LogP contribution is -2.34. The normalized spacial score (nSPS) is 13.3. The second kappa shape index (κ2) is 6.34. The first-order valence-electron chi connectivity index (χ1n) is 5.88. The van der Waals surface area contributed by atoms with Crippen LogP contribution in [0.15, 0.2) is 45.1 Å². The molecule has 0 saturated carbocycles. The molecular weight excluding hydrogens is 365 g/mol. The number of benzene rings is 1. The van der Waals surface area contributed by atoms with Crippen LogP contribution < -0.4 is 4.72 Å². The lowest BCUT2D eigenvalue weighted by molar-refractivity contribution is 0.559. The molecule has 0 spiro atoms. The van der Waals surface area contributed by atoms with Crippen molar-refractivity contribution in [1.29, 1.82) is 0 Å². The topological polar surface area (TPSA) is 46.2 Å². The Morgan fingerprint density at radius 3 is 2.75 bits per heavy atom. The SMILES string of the molecule is CC(Cc1cccs1)NS(=O)(=O)c1ccc(F)cc1Br. The Morgan fingerprint density at radius 2 is 2.15 bits per heavy atom. The summed E-state index contributed by atoms with van der Waals surface area (Å²) in [7, 11) is -3.67. The lowest BCUT2D eigenvalue weighted by atomic mass is 10.2. The molecule has 2 rings (SSSR count). The highest BCUT2D eigenvalue weighted by molar-refractivity contribution is 9.10. The lowest BCUT2D eigenvalue weighted by Gasteiger charge is -2.14. The molecule has 0 aliphatic heterocycles. The van der Waals surface area contributed by atoms with Gasteiger partial charge in [0, 0.05) is 15.4 Å². The van der Waals surface area contributed by atoms with E-state index in [0.717, 1.165) is 17.0 Å². The van der Waals surface area contributed by atoms with E-state index in [4.69, 9.17) is 0 Å². The van der Waals surface area contributed by atoms with Gasteiger partial charge in [0.2, 0.25) is 10.0 Å². The average molecular weight is 378 g/mol. The van der Waals surface area contributed by atoms with Gasteiger partial charge in [-0.05, 0) is 58.9 Å². The second-order valence-corrected chi connectivity index (χ2v) is 7.95. The van der Waals surface area contributed by atoms with Crippen LogP contribution in [0, 0.1) is 5.82 Å². The Morgan fingerprint density at radius 1 is 1.40 bits per heavy atom. The van der Waals surface area contributed by atoms with Crippen LogP contribution >= 0.6 is 27.3 Å². The van der Waals surface area contributed by atoms with Gasteiger partial charge in [-0.25, -0.2) is 17.5 Å². The molecule has 1 aromatic heterocycles. The molecule has 0 fully saturated rings. The summed E-state index contributed by atoms with van der Waals surface area (Å²) in [6.07, 6.45) is 0.621. The third-order valence-corrected chi connectivity index (χ3v) is 6.09. The quantitative estimate of drug-likeness (QED) is 0.865. The fourth-order valence-electron chi connectivity index (χ4n) is 1.79. The Hall–Kier alpha value is -0.760. The Labute approximate surface area is 130 Å². The molecule has 1 N–H and O–H groups in total. The van der Waals surface area contributed by atoms with Crippen molar-refractivity contribution in [3.8, 4) is 0 Å². The number of rotatable bonds is 5. The van der Waals surface area contributed by atoms with Gasteiger partial charge >= 0.3 is 0 Å². The van der Waals surface area contributed by atoms with E-state index in [2.05, 4.69) is 20.7 Å². The van der Waals surface area contributed by atoms with E-state index in [-0.39, 0.29) is 15.4 Å². The zero-order valence-electron chi connectivity index (χ0n) is 10.6. The molecule has 0 saturated heterocycles. The first kappa shape index (κ1) is 15.6. The van der Waals surface area contributed by atoms with Crippen LogP contribution in [-0.2, 0) is 16.4 Å². The van der Waals surface area contributed by atoms with Gasteiger partial charge in [0.05, 0.1) is 4.90 Å². The summed E-state index contributed by atoms with van der Waals surface area (Å²) in [5.41, 5.74) is 0. The maximum Gasteiger partial charge on any atom is 0.241 e. The summed E-state index contributed by atoms with van der Waals surface area (Å²) in [5, 5.41) is 1.95. The fourth-order valence-corrected chi connectivity index (χ4v) is 4.92. The summed E-state index contributed by atoms with van der Waals surface area (Å²) in [6.45, 7) is 1.80. The average Bonchev–Trinajstić information content (AvgIpc) is 2.79. The van der Waals surface area contributed by atoms with Crippen molar-refractivity contribution >= 4 is 37.3 Å². The summed E-state index contributed by atoms with van der Waals surface area (Å²) >= 11 is 4.66. The number of halogens is 2. The maximum absolute atomic E-state index is 13.0. The van der Waals surface area contributed by atoms with Gasteiger partial charge in [0.25, 0.3) is 0 Å². The summed E-state index contributed by atoms with van der Waals surface area (Å²) in [6, 6.07) is 7.17. The van der Waals surface area contributed by atoms with Crippen LogP contribution in [0.3, 0.4) is 0 Å². The van der Waals surface area contributed by atoms with Crippen molar-refractivity contribution in [2.45, 2.75) is 24.3 Å². The predicted octanol–water partition coefficient (Wildman–Crippen LogP) is 3.56. The molecule has 0 aliphatic carbocycles. The highest BCUT2D eigenvalue weighted by atomic mass is 79.9. The maximum atomic E-state index is 13.0. The Bertz CT molecular complexity index is 686. The van der Waals surface area contributed by atoms with Crippen LogP contribution in [-0.4, -0.2) is 14.5 Å². The fraction of sp³-hybridized carbons (Fsp3) is 0.231. The molecule has 1 heterocycles. The Kier molecular flexibility index (Phi) is 4.95. The minimum atomic E-state index is -3.67. The van der Waals surface area contributed by atoms with Crippen molar-refractivity contribution in [1.82, 2.24) is 4.72 Å². The van der Waals surface area contributed by atoms with E-state index in [0.29, 0.717) is 6.42 Å². The third kappa shape index (κ3) is 3.88. The van der Waals surface area contributed by atoms with E-state index < -0.39 is 15.8 Å². The molecule has 1 atom stereocenters. The van der Waals surface area contributed by atoms with E-state index in [1.54, 1.807) is 18.3 Å². The molecule has 108 valence electrons. The van der Waals surface area contributed by atoms with Gasteiger partial charge in [-0.3, -0.25) is 0 Å². The smallest absolute Gasteiger partial charge is 0.208 e. The van der Waals surface area contributed by atoms with E-state index in [9.17, 15) is 12.8 Å². The number of hydrogen-bond donors (Lipinski definition) is 1. The van der Waals surface area contributed by atoms with Gasteiger partial charge in [-0.15, -0.1) is 11.3 Å². The summed E-state index contributed by atoms with van der Waals surface area (Å²) in [4.78, 5) is 1.15. The standard InChI is InChI=1S/C13H13BrFNO2S2/c1-9(7-11-3-2-6-19-11)16-20(17,18)13-5-4-10(15)8-12(13)14/h2-6,8-9,16H,7H2,1H3. The van der Waals surface area contributed by atoms with Crippen molar-refractivity contribution in [3.63, 3.8) is 0 Å².